The Bertz CT molecular complexity index is 1130. The van der Waals surface area contributed by atoms with Crippen LogP contribution in [0, 0.1) is 0 Å². The predicted octanol–water partition coefficient (Wildman–Crippen LogP) is 4.19. The first-order valence-electron chi connectivity index (χ1n) is 8.73. The quantitative estimate of drug-likeness (QED) is 0.496. The summed E-state index contributed by atoms with van der Waals surface area (Å²) >= 11 is 1.53. The van der Waals surface area contributed by atoms with Crippen LogP contribution in [0.2, 0.25) is 0 Å². The molecule has 0 amide bonds. The Morgan fingerprint density at radius 1 is 1.15 bits per heavy atom. The second kappa shape index (κ2) is 6.59. The Labute approximate surface area is 158 Å². The standard InChI is InChI=1S/C20H15N3O3S/c24-20(25-11-17-22-19(23-26-17)16-9-4-10-27-16)18-12-5-1-2-7-14(12)21-15-8-3-6-13(15)18/h1-2,4-5,7,9-10H,3,6,8,11H2. The van der Waals surface area contributed by atoms with Crippen molar-refractivity contribution in [1.82, 2.24) is 15.1 Å². The average Bonchev–Trinajstić information content (AvgIpc) is 3.45. The number of benzene rings is 1. The van der Waals surface area contributed by atoms with E-state index in [0.717, 1.165) is 46.3 Å². The van der Waals surface area contributed by atoms with Crippen LogP contribution >= 0.6 is 11.3 Å². The van der Waals surface area contributed by atoms with Gasteiger partial charge in [0.15, 0.2) is 6.61 Å². The third-order valence-corrected chi connectivity index (χ3v) is 5.53. The van der Waals surface area contributed by atoms with Gasteiger partial charge in [-0.05, 0) is 42.3 Å². The minimum atomic E-state index is -0.373. The van der Waals surface area contributed by atoms with Gasteiger partial charge in [0.1, 0.15) is 0 Å². The van der Waals surface area contributed by atoms with Crippen LogP contribution in [0.3, 0.4) is 0 Å². The molecular weight excluding hydrogens is 362 g/mol. The minimum absolute atomic E-state index is 0.0529. The Morgan fingerprint density at radius 2 is 2.07 bits per heavy atom. The molecule has 0 unspecified atom stereocenters. The van der Waals surface area contributed by atoms with E-state index in [9.17, 15) is 4.79 Å². The highest BCUT2D eigenvalue weighted by Crippen LogP contribution is 2.30. The van der Waals surface area contributed by atoms with Gasteiger partial charge >= 0.3 is 5.97 Å². The number of hydrogen-bond donors (Lipinski definition) is 0. The fourth-order valence-corrected chi connectivity index (χ4v) is 4.11. The summed E-state index contributed by atoms with van der Waals surface area (Å²) in [6, 6.07) is 11.5. The van der Waals surface area contributed by atoms with E-state index in [1.54, 1.807) is 0 Å². The zero-order valence-electron chi connectivity index (χ0n) is 14.3. The average molecular weight is 377 g/mol. The van der Waals surface area contributed by atoms with Gasteiger partial charge in [0.2, 0.25) is 5.82 Å². The summed E-state index contributed by atoms with van der Waals surface area (Å²) in [5.74, 6) is 0.413. The first-order chi connectivity index (χ1) is 13.3. The Hall–Kier alpha value is -3.06. The van der Waals surface area contributed by atoms with Gasteiger partial charge in [-0.1, -0.05) is 29.4 Å². The van der Waals surface area contributed by atoms with Crippen molar-refractivity contribution in [1.29, 1.82) is 0 Å². The first kappa shape index (κ1) is 16.1. The number of fused-ring (bicyclic) bond motifs is 2. The van der Waals surface area contributed by atoms with Crippen LogP contribution in [0.4, 0.5) is 0 Å². The fourth-order valence-electron chi connectivity index (χ4n) is 3.46. The third kappa shape index (κ3) is 2.90. The topological polar surface area (TPSA) is 78.1 Å². The molecule has 0 bridgehead atoms. The lowest BCUT2D eigenvalue weighted by Crippen LogP contribution is -2.10. The molecule has 0 saturated heterocycles. The van der Waals surface area contributed by atoms with Crippen molar-refractivity contribution in [3.05, 3.63) is 64.5 Å². The normalized spacial score (nSPS) is 13.0. The number of rotatable bonds is 4. The van der Waals surface area contributed by atoms with Crippen molar-refractivity contribution in [3.8, 4) is 10.7 Å². The molecule has 4 aromatic rings. The summed E-state index contributed by atoms with van der Waals surface area (Å²) in [7, 11) is 0. The van der Waals surface area contributed by atoms with Crippen molar-refractivity contribution in [2.75, 3.05) is 0 Å². The largest absolute Gasteiger partial charge is 0.452 e. The maximum Gasteiger partial charge on any atom is 0.339 e. The maximum absolute atomic E-state index is 12.9. The SMILES string of the molecule is O=C(OCc1nc(-c2cccs2)no1)c1c2c(nc3ccccc13)CCC2. The van der Waals surface area contributed by atoms with Gasteiger partial charge in [-0.3, -0.25) is 4.98 Å². The summed E-state index contributed by atoms with van der Waals surface area (Å²) in [4.78, 5) is 22.8. The van der Waals surface area contributed by atoms with E-state index in [4.69, 9.17) is 14.2 Å². The lowest BCUT2D eigenvalue weighted by atomic mass is 10.0. The Morgan fingerprint density at radius 3 is 2.96 bits per heavy atom. The molecule has 0 N–H and O–H groups in total. The van der Waals surface area contributed by atoms with Crippen molar-refractivity contribution in [3.63, 3.8) is 0 Å². The lowest BCUT2D eigenvalue weighted by molar-refractivity contribution is 0.0431. The molecule has 27 heavy (non-hydrogen) atoms. The number of carbonyl (C=O) groups is 1. The highest BCUT2D eigenvalue weighted by atomic mass is 32.1. The first-order valence-corrected chi connectivity index (χ1v) is 9.61. The van der Waals surface area contributed by atoms with E-state index in [-0.39, 0.29) is 18.5 Å². The van der Waals surface area contributed by atoms with E-state index >= 15 is 0 Å². The summed E-state index contributed by atoms with van der Waals surface area (Å²) in [5.41, 5.74) is 3.44. The van der Waals surface area contributed by atoms with E-state index in [0.29, 0.717) is 11.4 Å². The van der Waals surface area contributed by atoms with E-state index in [1.165, 1.54) is 11.3 Å². The molecule has 134 valence electrons. The molecule has 0 radical (unpaired) electrons. The predicted molar refractivity (Wildman–Crippen MR) is 100 cm³/mol. The number of ether oxygens (including phenoxy) is 1. The Balaban J connectivity index is 1.42. The number of aryl methyl sites for hydroxylation is 1. The summed E-state index contributed by atoms with van der Waals surface area (Å²) in [6.07, 6.45) is 2.75. The molecule has 0 spiro atoms. The molecule has 1 aliphatic rings. The molecule has 0 saturated carbocycles. The number of aromatic nitrogens is 3. The van der Waals surface area contributed by atoms with E-state index in [2.05, 4.69) is 10.1 Å². The minimum Gasteiger partial charge on any atom is -0.452 e. The smallest absolute Gasteiger partial charge is 0.339 e. The highest BCUT2D eigenvalue weighted by Gasteiger charge is 2.25. The number of para-hydroxylation sites is 1. The van der Waals surface area contributed by atoms with Crippen LogP contribution in [0.5, 0.6) is 0 Å². The summed E-state index contributed by atoms with van der Waals surface area (Å²) in [5, 5.41) is 6.71. The van der Waals surface area contributed by atoms with Gasteiger partial charge in [-0.25, -0.2) is 4.79 Å². The highest BCUT2D eigenvalue weighted by molar-refractivity contribution is 7.13. The zero-order valence-corrected chi connectivity index (χ0v) is 15.2. The third-order valence-electron chi connectivity index (χ3n) is 4.66. The molecule has 7 heteroatoms. The van der Waals surface area contributed by atoms with E-state index in [1.807, 2.05) is 41.8 Å². The number of carbonyl (C=O) groups excluding carboxylic acids is 1. The van der Waals surface area contributed by atoms with Crippen molar-refractivity contribution < 1.29 is 14.1 Å². The van der Waals surface area contributed by atoms with Crippen LogP contribution in [0.15, 0.2) is 46.3 Å². The molecule has 3 aromatic heterocycles. The second-order valence-corrected chi connectivity index (χ2v) is 7.30. The molecular formula is C20H15N3O3S. The molecule has 1 aliphatic carbocycles. The van der Waals surface area contributed by atoms with Gasteiger partial charge in [-0.2, -0.15) is 4.98 Å². The van der Waals surface area contributed by atoms with Crippen molar-refractivity contribution in [2.24, 2.45) is 0 Å². The lowest BCUT2D eigenvalue weighted by Gasteiger charge is -2.11. The van der Waals surface area contributed by atoms with E-state index < -0.39 is 0 Å². The summed E-state index contributed by atoms with van der Waals surface area (Å²) in [6.45, 7) is -0.0529. The number of thiophene rings is 1. The summed E-state index contributed by atoms with van der Waals surface area (Å²) < 4.78 is 10.7. The molecule has 0 fully saturated rings. The maximum atomic E-state index is 12.9. The zero-order chi connectivity index (χ0) is 18.2. The molecule has 3 heterocycles. The number of hydrogen-bond acceptors (Lipinski definition) is 7. The van der Waals surface area contributed by atoms with Crippen molar-refractivity contribution >= 4 is 28.2 Å². The molecule has 1 aromatic carbocycles. The number of esters is 1. The van der Waals surface area contributed by atoms with Crippen molar-refractivity contribution in [2.45, 2.75) is 25.9 Å². The van der Waals surface area contributed by atoms with Crippen LogP contribution in [-0.4, -0.2) is 21.1 Å². The van der Waals surface area contributed by atoms with Gasteiger partial charge in [-0.15, -0.1) is 11.3 Å². The molecule has 6 nitrogen and oxygen atoms in total. The molecule has 5 rings (SSSR count). The Kier molecular flexibility index (Phi) is 3.94. The van der Waals surface area contributed by atoms with Gasteiger partial charge < -0.3 is 9.26 Å². The van der Waals surface area contributed by atoms with Crippen LogP contribution in [0.25, 0.3) is 21.6 Å². The van der Waals surface area contributed by atoms with Gasteiger partial charge in [0.05, 0.1) is 16.0 Å². The molecule has 0 aliphatic heterocycles. The van der Waals surface area contributed by atoms with Crippen LogP contribution in [0.1, 0.15) is 33.9 Å². The monoisotopic (exact) mass is 377 g/mol. The number of nitrogens with zero attached hydrogens (tertiary/aromatic N) is 3. The van der Waals surface area contributed by atoms with Gasteiger partial charge in [0, 0.05) is 11.1 Å². The van der Waals surface area contributed by atoms with Crippen LogP contribution in [-0.2, 0) is 24.2 Å². The van der Waals surface area contributed by atoms with Gasteiger partial charge in [0.25, 0.3) is 5.89 Å². The van der Waals surface area contributed by atoms with Crippen LogP contribution < -0.4 is 0 Å². The molecule has 0 atom stereocenters. The number of pyridine rings is 1. The second-order valence-electron chi connectivity index (χ2n) is 6.35. The fraction of sp³-hybridized carbons (Fsp3) is 0.200.